The fourth-order valence-electron chi connectivity index (χ4n) is 5.85. The standard InChI is InChI=1S/3C10H21N.H3O4P/c3*1-11(2)10-8-6-4-3-5-7-9-10;1-5(2,3)4/h3*10H,3-9H2,1-2H3;(H3,1,2,3,4). The van der Waals surface area contributed by atoms with Crippen molar-refractivity contribution in [3.63, 3.8) is 0 Å². The molecule has 0 aromatic heterocycles. The van der Waals surface area contributed by atoms with Gasteiger partial charge in [0, 0.05) is 18.1 Å². The van der Waals surface area contributed by atoms with Gasteiger partial charge in [-0.25, -0.2) is 4.57 Å². The highest BCUT2D eigenvalue weighted by Gasteiger charge is 2.14. The van der Waals surface area contributed by atoms with Crippen LogP contribution in [0.2, 0.25) is 0 Å². The number of hydrogen-bond donors (Lipinski definition) is 3. The molecule has 7 nitrogen and oxygen atoms in total. The molecule has 0 atom stereocenters. The largest absolute Gasteiger partial charge is 0.466 e. The maximum atomic E-state index is 8.88. The van der Waals surface area contributed by atoms with E-state index in [1.54, 1.807) is 0 Å². The van der Waals surface area contributed by atoms with E-state index in [1.165, 1.54) is 135 Å². The van der Waals surface area contributed by atoms with Gasteiger partial charge >= 0.3 is 7.82 Å². The number of nitrogens with zero attached hydrogens (tertiary/aromatic N) is 3. The van der Waals surface area contributed by atoms with Crippen LogP contribution >= 0.6 is 7.82 Å². The van der Waals surface area contributed by atoms with Crippen LogP contribution in [-0.2, 0) is 4.57 Å². The van der Waals surface area contributed by atoms with Crippen LogP contribution in [0.25, 0.3) is 0 Å². The average molecular weight is 564 g/mol. The third kappa shape index (κ3) is 25.0. The number of rotatable bonds is 3. The van der Waals surface area contributed by atoms with E-state index in [0.29, 0.717) is 0 Å². The Balaban J connectivity index is 0.000000497. The Hall–Kier alpha value is -0.0100. The van der Waals surface area contributed by atoms with Crippen LogP contribution in [0.3, 0.4) is 0 Å². The Kier molecular flexibility index (Phi) is 23.7. The van der Waals surface area contributed by atoms with E-state index in [4.69, 9.17) is 19.2 Å². The van der Waals surface area contributed by atoms with Gasteiger partial charge in [0.05, 0.1) is 0 Å². The lowest BCUT2D eigenvalue weighted by molar-refractivity contribution is 0.242. The third-order valence-electron chi connectivity index (χ3n) is 8.41. The lowest BCUT2D eigenvalue weighted by Gasteiger charge is -2.25. The number of hydrogen-bond acceptors (Lipinski definition) is 4. The van der Waals surface area contributed by atoms with Crippen molar-refractivity contribution in [2.75, 3.05) is 42.3 Å². The van der Waals surface area contributed by atoms with Crippen molar-refractivity contribution in [3.05, 3.63) is 0 Å². The zero-order valence-electron chi connectivity index (χ0n) is 26.1. The van der Waals surface area contributed by atoms with E-state index in [9.17, 15) is 0 Å². The summed E-state index contributed by atoms with van der Waals surface area (Å²) >= 11 is 0. The topological polar surface area (TPSA) is 87.5 Å². The second-order valence-corrected chi connectivity index (χ2v) is 13.4. The monoisotopic (exact) mass is 563 g/mol. The number of phosphoric acid groups is 1. The van der Waals surface area contributed by atoms with Crippen molar-refractivity contribution < 1.29 is 19.2 Å². The van der Waals surface area contributed by atoms with E-state index >= 15 is 0 Å². The van der Waals surface area contributed by atoms with Crippen molar-refractivity contribution >= 4 is 7.82 Å². The summed E-state index contributed by atoms with van der Waals surface area (Å²) in [5.74, 6) is 0. The summed E-state index contributed by atoms with van der Waals surface area (Å²) in [6, 6.07) is 2.61. The summed E-state index contributed by atoms with van der Waals surface area (Å²) in [7, 11) is 8.65. The van der Waals surface area contributed by atoms with Crippen LogP contribution in [0.5, 0.6) is 0 Å². The maximum Gasteiger partial charge on any atom is 0.466 e. The van der Waals surface area contributed by atoms with E-state index < -0.39 is 7.82 Å². The quantitative estimate of drug-likeness (QED) is 0.317. The SMILES string of the molecule is CN(C)C1CCCCCCC1.CN(C)C1CCCCCCC1.CN(C)C1CCCCCCC1.O=P(O)(O)O. The van der Waals surface area contributed by atoms with Gasteiger partial charge in [-0.2, -0.15) is 0 Å². The molecule has 3 saturated carbocycles. The molecule has 3 N–H and O–H groups in total. The molecular weight excluding hydrogens is 497 g/mol. The molecule has 3 rings (SSSR count). The van der Waals surface area contributed by atoms with Crippen LogP contribution in [0, 0.1) is 0 Å². The van der Waals surface area contributed by atoms with Gasteiger partial charge < -0.3 is 29.4 Å². The molecule has 0 spiro atoms. The first-order chi connectivity index (χ1) is 17.9. The first-order valence-corrected chi connectivity index (χ1v) is 17.3. The highest BCUT2D eigenvalue weighted by molar-refractivity contribution is 7.45. The molecule has 3 aliphatic carbocycles. The van der Waals surface area contributed by atoms with E-state index in [0.717, 1.165) is 18.1 Å². The average Bonchev–Trinajstić information content (AvgIpc) is 2.72. The van der Waals surface area contributed by atoms with Crippen LogP contribution in [0.4, 0.5) is 0 Å². The van der Waals surface area contributed by atoms with E-state index in [1.807, 2.05) is 0 Å². The lowest BCUT2D eigenvalue weighted by Crippen LogP contribution is -2.28. The van der Waals surface area contributed by atoms with E-state index in [2.05, 4.69) is 57.0 Å². The molecule has 3 fully saturated rings. The minimum atomic E-state index is -4.64. The minimum absolute atomic E-state index is 0.871. The van der Waals surface area contributed by atoms with Crippen molar-refractivity contribution in [2.24, 2.45) is 0 Å². The van der Waals surface area contributed by atoms with Crippen molar-refractivity contribution in [1.29, 1.82) is 0 Å². The first kappa shape index (κ1) is 38.0. The van der Waals surface area contributed by atoms with Gasteiger partial charge in [0.15, 0.2) is 0 Å². The molecule has 0 amide bonds. The Morgan fingerprint density at radius 3 is 0.658 bits per heavy atom. The molecule has 0 saturated heterocycles. The molecule has 0 aromatic rings. The van der Waals surface area contributed by atoms with Gasteiger partial charge in [0.2, 0.25) is 0 Å². The normalized spacial score (nSPS) is 21.7. The van der Waals surface area contributed by atoms with Gasteiger partial charge in [0.25, 0.3) is 0 Å². The summed E-state index contributed by atoms with van der Waals surface area (Å²) in [5, 5.41) is 0. The molecule has 0 radical (unpaired) electrons. The third-order valence-corrected chi connectivity index (χ3v) is 8.41. The maximum absolute atomic E-state index is 8.88. The van der Waals surface area contributed by atoms with Crippen LogP contribution < -0.4 is 0 Å². The summed E-state index contributed by atoms with van der Waals surface area (Å²) in [6.45, 7) is 0. The molecule has 0 aliphatic heterocycles. The van der Waals surface area contributed by atoms with Gasteiger partial charge in [-0.3, -0.25) is 0 Å². The van der Waals surface area contributed by atoms with E-state index in [-0.39, 0.29) is 0 Å². The summed E-state index contributed by atoms with van der Waals surface area (Å²) in [4.78, 5) is 28.7. The van der Waals surface area contributed by atoms with Crippen molar-refractivity contribution in [1.82, 2.24) is 14.7 Å². The molecule has 0 heterocycles. The van der Waals surface area contributed by atoms with Crippen LogP contribution in [0.1, 0.15) is 135 Å². The summed E-state index contributed by atoms with van der Waals surface area (Å²) in [5.41, 5.74) is 0. The molecule has 0 bridgehead atoms. The zero-order chi connectivity index (χ0) is 28.8. The van der Waals surface area contributed by atoms with Gasteiger partial charge in [0.1, 0.15) is 0 Å². The van der Waals surface area contributed by atoms with Crippen LogP contribution in [0.15, 0.2) is 0 Å². The molecule has 38 heavy (non-hydrogen) atoms. The van der Waals surface area contributed by atoms with Crippen molar-refractivity contribution in [2.45, 2.75) is 153 Å². The fourth-order valence-corrected chi connectivity index (χ4v) is 5.85. The van der Waals surface area contributed by atoms with Crippen molar-refractivity contribution in [3.8, 4) is 0 Å². The van der Waals surface area contributed by atoms with Crippen LogP contribution in [-0.4, -0.2) is 89.8 Å². The molecule has 230 valence electrons. The first-order valence-electron chi connectivity index (χ1n) is 15.7. The predicted octanol–water partition coefficient (Wildman–Crippen LogP) is 7.05. The summed E-state index contributed by atoms with van der Waals surface area (Å²) in [6.07, 6.45) is 30.4. The Labute approximate surface area is 237 Å². The Bertz CT molecular complexity index is 478. The Morgan fingerprint density at radius 2 is 0.526 bits per heavy atom. The highest BCUT2D eigenvalue weighted by atomic mass is 31.2. The minimum Gasteiger partial charge on any atom is -0.306 e. The molecule has 0 aromatic carbocycles. The van der Waals surface area contributed by atoms with Gasteiger partial charge in [-0.15, -0.1) is 0 Å². The molecule has 8 heteroatoms. The second kappa shape index (κ2) is 23.7. The highest BCUT2D eigenvalue weighted by Crippen LogP contribution is 2.26. The smallest absolute Gasteiger partial charge is 0.306 e. The molecular formula is C30H66N3O4P. The Morgan fingerprint density at radius 1 is 0.395 bits per heavy atom. The fraction of sp³-hybridized carbons (Fsp3) is 1.00. The molecule has 0 unspecified atom stereocenters. The van der Waals surface area contributed by atoms with Gasteiger partial charge in [-0.1, -0.05) is 96.3 Å². The van der Waals surface area contributed by atoms with Gasteiger partial charge in [-0.05, 0) is 80.8 Å². The summed E-state index contributed by atoms with van der Waals surface area (Å²) < 4.78 is 8.88. The zero-order valence-corrected chi connectivity index (χ0v) is 27.0. The lowest BCUT2D eigenvalue weighted by atomic mass is 9.96. The molecule has 3 aliphatic rings. The predicted molar refractivity (Wildman–Crippen MR) is 164 cm³/mol. The second-order valence-electron chi connectivity index (χ2n) is 12.4.